The number of benzene rings is 3. The van der Waals surface area contributed by atoms with Crippen LogP contribution in [0.3, 0.4) is 0 Å². The molecule has 162 valence electrons. The molecule has 0 fully saturated rings. The van der Waals surface area contributed by atoms with Crippen molar-refractivity contribution in [3.63, 3.8) is 0 Å². The van der Waals surface area contributed by atoms with E-state index >= 15 is 0 Å². The Balaban J connectivity index is 2.08. The molecule has 0 saturated heterocycles. The van der Waals surface area contributed by atoms with E-state index in [1.807, 2.05) is 78.9 Å². The van der Waals surface area contributed by atoms with Gasteiger partial charge in [0.25, 0.3) is 5.91 Å². The number of halogens is 1. The van der Waals surface area contributed by atoms with E-state index in [1.165, 1.54) is 4.90 Å². The van der Waals surface area contributed by atoms with Crippen LogP contribution < -0.4 is 0 Å². The summed E-state index contributed by atoms with van der Waals surface area (Å²) in [6.07, 6.45) is 1.69. The molecule has 4 nitrogen and oxygen atoms in total. The Bertz CT molecular complexity index is 1350. The Kier molecular flexibility index (Phi) is 6.58. The van der Waals surface area contributed by atoms with Crippen molar-refractivity contribution in [1.82, 2.24) is 9.47 Å². The Labute approximate surface area is 202 Å². The third kappa shape index (κ3) is 4.67. The van der Waals surface area contributed by atoms with Gasteiger partial charge in [0.1, 0.15) is 11.6 Å². The molecule has 4 rings (SSSR count). The summed E-state index contributed by atoms with van der Waals surface area (Å²) in [4.78, 5) is 14.0. The van der Waals surface area contributed by atoms with E-state index in [0.717, 1.165) is 38.2 Å². The van der Waals surface area contributed by atoms with Gasteiger partial charge in [0.05, 0.1) is 11.4 Å². The van der Waals surface area contributed by atoms with Crippen molar-refractivity contribution >= 4 is 27.9 Å². The van der Waals surface area contributed by atoms with Crippen LogP contribution in [-0.2, 0) is 4.79 Å². The van der Waals surface area contributed by atoms with Crippen molar-refractivity contribution < 1.29 is 4.79 Å². The van der Waals surface area contributed by atoms with E-state index in [-0.39, 0.29) is 11.5 Å². The zero-order chi connectivity index (χ0) is 23.4. The molecule has 0 aliphatic carbocycles. The minimum absolute atomic E-state index is 0.0877. The molecule has 0 radical (unpaired) electrons. The zero-order valence-corrected chi connectivity index (χ0v) is 20.0. The highest BCUT2D eigenvalue weighted by Crippen LogP contribution is 2.37. The molecule has 1 heterocycles. The van der Waals surface area contributed by atoms with Gasteiger partial charge in [-0.3, -0.25) is 4.79 Å². The van der Waals surface area contributed by atoms with E-state index < -0.39 is 0 Å². The molecule has 0 unspecified atom stereocenters. The number of nitriles is 1. The van der Waals surface area contributed by atoms with Crippen molar-refractivity contribution in [1.29, 1.82) is 5.26 Å². The Morgan fingerprint density at radius 2 is 1.48 bits per heavy atom. The van der Waals surface area contributed by atoms with Gasteiger partial charge in [0, 0.05) is 29.8 Å². The minimum Gasteiger partial charge on any atom is -0.344 e. The minimum atomic E-state index is -0.325. The summed E-state index contributed by atoms with van der Waals surface area (Å²) in [6, 6.07) is 32.4. The lowest BCUT2D eigenvalue weighted by molar-refractivity contribution is -0.124. The van der Waals surface area contributed by atoms with Crippen LogP contribution in [0.5, 0.6) is 0 Å². The van der Waals surface area contributed by atoms with E-state index in [0.29, 0.717) is 0 Å². The monoisotopic (exact) mass is 495 g/mol. The van der Waals surface area contributed by atoms with Gasteiger partial charge in [-0.15, -0.1) is 0 Å². The summed E-state index contributed by atoms with van der Waals surface area (Å²) in [7, 11) is 3.29. The second-order valence-electron chi connectivity index (χ2n) is 7.75. The average Bonchev–Trinajstić information content (AvgIpc) is 3.22. The highest BCUT2D eigenvalue weighted by atomic mass is 79.9. The molecule has 0 aliphatic rings. The highest BCUT2D eigenvalue weighted by Gasteiger charge is 2.20. The maximum atomic E-state index is 12.6. The number of aromatic nitrogens is 1. The van der Waals surface area contributed by atoms with Crippen molar-refractivity contribution in [2.24, 2.45) is 0 Å². The van der Waals surface area contributed by atoms with Gasteiger partial charge in [-0.25, -0.2) is 0 Å². The molecule has 0 spiro atoms. The van der Waals surface area contributed by atoms with Gasteiger partial charge in [-0.1, -0.05) is 76.6 Å². The van der Waals surface area contributed by atoms with Crippen LogP contribution >= 0.6 is 15.9 Å². The van der Waals surface area contributed by atoms with Crippen molar-refractivity contribution in [3.05, 3.63) is 107 Å². The maximum Gasteiger partial charge on any atom is 0.264 e. The van der Waals surface area contributed by atoms with Gasteiger partial charge < -0.3 is 9.47 Å². The maximum absolute atomic E-state index is 12.6. The van der Waals surface area contributed by atoms with Crippen LogP contribution in [-0.4, -0.2) is 29.5 Å². The fourth-order valence-corrected chi connectivity index (χ4v) is 4.01. The number of nitrogens with zero attached hydrogens (tertiary/aromatic N) is 3. The van der Waals surface area contributed by atoms with E-state index in [9.17, 15) is 10.1 Å². The second kappa shape index (κ2) is 9.72. The third-order valence-electron chi connectivity index (χ3n) is 5.29. The highest BCUT2D eigenvalue weighted by molar-refractivity contribution is 9.10. The van der Waals surface area contributed by atoms with Crippen LogP contribution in [0.1, 0.15) is 5.56 Å². The summed E-state index contributed by atoms with van der Waals surface area (Å²) in [5.41, 5.74) is 5.78. The van der Waals surface area contributed by atoms with Gasteiger partial charge in [0.2, 0.25) is 0 Å². The topological polar surface area (TPSA) is 49.0 Å². The molecule has 0 N–H and O–H groups in total. The SMILES string of the molecule is CN(C)C(=O)/C(C#N)=C/c1cc(-c2ccccc2)n(-c2ccc(Br)cc2)c1-c1ccccc1. The van der Waals surface area contributed by atoms with Crippen LogP contribution in [0.4, 0.5) is 0 Å². The van der Waals surface area contributed by atoms with Gasteiger partial charge >= 0.3 is 0 Å². The number of carbonyl (C=O) groups is 1. The number of hydrogen-bond acceptors (Lipinski definition) is 2. The van der Waals surface area contributed by atoms with Crippen molar-refractivity contribution in [2.45, 2.75) is 0 Å². The quantitative estimate of drug-likeness (QED) is 0.232. The van der Waals surface area contributed by atoms with E-state index in [4.69, 9.17) is 0 Å². The molecule has 0 saturated carbocycles. The van der Waals surface area contributed by atoms with E-state index in [2.05, 4.69) is 38.7 Å². The molecule has 0 aliphatic heterocycles. The molecule has 5 heteroatoms. The van der Waals surface area contributed by atoms with Gasteiger partial charge in [0.15, 0.2) is 0 Å². The predicted molar refractivity (Wildman–Crippen MR) is 137 cm³/mol. The smallest absolute Gasteiger partial charge is 0.264 e. The number of likely N-dealkylation sites (N-methyl/N-ethyl adjacent to an activating group) is 1. The first-order chi connectivity index (χ1) is 16.0. The zero-order valence-electron chi connectivity index (χ0n) is 18.4. The van der Waals surface area contributed by atoms with Crippen molar-refractivity contribution in [3.8, 4) is 34.3 Å². The number of rotatable bonds is 5. The average molecular weight is 496 g/mol. The number of carbonyl (C=O) groups excluding carboxylic acids is 1. The van der Waals surface area contributed by atoms with Crippen LogP contribution in [0, 0.1) is 11.3 Å². The first kappa shape index (κ1) is 22.3. The van der Waals surface area contributed by atoms with Crippen LogP contribution in [0.25, 0.3) is 34.3 Å². The molecule has 3 aromatic carbocycles. The first-order valence-electron chi connectivity index (χ1n) is 10.5. The molecule has 1 amide bonds. The molecular weight excluding hydrogens is 474 g/mol. The van der Waals surface area contributed by atoms with Gasteiger partial charge in [-0.05, 0) is 47.5 Å². The molecule has 4 aromatic rings. The fraction of sp³-hybridized carbons (Fsp3) is 0.0714. The Hall–Kier alpha value is -3.88. The summed E-state index contributed by atoms with van der Waals surface area (Å²) < 4.78 is 3.17. The molecule has 0 bridgehead atoms. The van der Waals surface area contributed by atoms with E-state index in [1.54, 1.807) is 20.2 Å². The summed E-state index contributed by atoms with van der Waals surface area (Å²) in [5.74, 6) is -0.325. The predicted octanol–water partition coefficient (Wildman–Crippen LogP) is 6.57. The summed E-state index contributed by atoms with van der Waals surface area (Å²) in [5, 5.41) is 9.73. The summed E-state index contributed by atoms with van der Waals surface area (Å²) >= 11 is 3.52. The Morgan fingerprint density at radius 3 is 2.03 bits per heavy atom. The van der Waals surface area contributed by atoms with Crippen molar-refractivity contribution in [2.75, 3.05) is 14.1 Å². The lowest BCUT2D eigenvalue weighted by atomic mass is 10.0. The summed E-state index contributed by atoms with van der Waals surface area (Å²) in [6.45, 7) is 0. The molecular formula is C28H22BrN3O. The van der Waals surface area contributed by atoms with Gasteiger partial charge in [-0.2, -0.15) is 5.26 Å². The van der Waals surface area contributed by atoms with Crippen LogP contribution in [0.2, 0.25) is 0 Å². The number of hydrogen-bond donors (Lipinski definition) is 0. The lowest BCUT2D eigenvalue weighted by Gasteiger charge is -2.15. The molecule has 33 heavy (non-hydrogen) atoms. The normalized spacial score (nSPS) is 11.2. The molecule has 0 atom stereocenters. The number of amides is 1. The first-order valence-corrected chi connectivity index (χ1v) is 11.2. The second-order valence-corrected chi connectivity index (χ2v) is 8.66. The molecule has 1 aromatic heterocycles. The fourth-order valence-electron chi connectivity index (χ4n) is 3.75. The van der Waals surface area contributed by atoms with Crippen LogP contribution in [0.15, 0.2) is 101 Å². The largest absolute Gasteiger partial charge is 0.344 e. The standard InChI is InChI=1S/C28H22BrN3O/c1-31(2)28(33)23(19-30)17-22-18-26(20-9-5-3-6-10-20)32(25-15-13-24(29)14-16-25)27(22)21-11-7-4-8-12-21/h3-18H,1-2H3/b23-17+. The Morgan fingerprint density at radius 1 is 0.909 bits per heavy atom. The third-order valence-corrected chi connectivity index (χ3v) is 5.82. The lowest BCUT2D eigenvalue weighted by Crippen LogP contribution is -2.22.